The van der Waals surface area contributed by atoms with E-state index >= 15 is 0 Å². The molecule has 1 aliphatic heterocycles. The maximum atomic E-state index is 12.3. The third-order valence-corrected chi connectivity index (χ3v) is 5.51. The van der Waals surface area contributed by atoms with Gasteiger partial charge in [-0.3, -0.25) is 14.9 Å². The van der Waals surface area contributed by atoms with Crippen LogP contribution in [-0.4, -0.2) is 17.4 Å². The molecule has 0 aliphatic carbocycles. The number of hydrogen-bond donors (Lipinski definition) is 1. The molecule has 1 aromatic carbocycles. The Balaban J connectivity index is 1.92. The molecular weight excluding hydrogens is 374 g/mol. The fourth-order valence-electron chi connectivity index (χ4n) is 2.84. The van der Waals surface area contributed by atoms with Crippen molar-refractivity contribution in [3.63, 3.8) is 0 Å². The highest BCUT2D eigenvalue weighted by atomic mass is 35.5. The lowest BCUT2D eigenvalue weighted by molar-refractivity contribution is -0.383. The summed E-state index contributed by atoms with van der Waals surface area (Å²) >= 11 is 7.50. The number of nitrogens with one attached hydrogen (secondary N) is 1. The van der Waals surface area contributed by atoms with E-state index in [0.717, 1.165) is 33.4 Å². The monoisotopic (exact) mass is 393 g/mol. The molecule has 0 spiro atoms. The second-order valence-electron chi connectivity index (χ2n) is 7.34. The van der Waals surface area contributed by atoms with Crippen LogP contribution in [0.15, 0.2) is 24.3 Å². The Morgan fingerprint density at radius 1 is 1.38 bits per heavy atom. The lowest BCUT2D eigenvalue weighted by atomic mass is 9.95. The van der Waals surface area contributed by atoms with Gasteiger partial charge in [-0.1, -0.05) is 32.4 Å². The number of carbonyl (C=O) groups is 1. The van der Waals surface area contributed by atoms with Crippen molar-refractivity contribution in [1.82, 2.24) is 0 Å². The average molecular weight is 394 g/mol. The lowest BCUT2D eigenvalue weighted by Crippen LogP contribution is -2.28. The van der Waals surface area contributed by atoms with Gasteiger partial charge in [0, 0.05) is 28.6 Å². The van der Waals surface area contributed by atoms with Gasteiger partial charge >= 0.3 is 0 Å². The minimum atomic E-state index is -0.628. The van der Waals surface area contributed by atoms with Crippen molar-refractivity contribution in [3.05, 3.63) is 49.2 Å². The summed E-state index contributed by atoms with van der Waals surface area (Å²) in [4.78, 5) is 26.6. The zero-order valence-corrected chi connectivity index (χ0v) is 16.4. The third-order valence-electron chi connectivity index (χ3n) is 4.29. The molecule has 0 fully saturated rings. The third kappa shape index (κ3) is 3.83. The van der Waals surface area contributed by atoms with Crippen LogP contribution in [0.2, 0.25) is 4.34 Å². The second-order valence-corrected chi connectivity index (χ2v) is 9.14. The standard InChI is InChI=1S/C18H20ClN3O3S/c1-18(2,3)17(23)20-13-8-11-6-7-21(10-12-4-5-16(19)26-12)14(11)9-15(13)22(24)25/h4-5,8-9H,6-7,10H2,1-3H3,(H,20,23). The Bertz CT molecular complexity index is 873. The van der Waals surface area contributed by atoms with Gasteiger partial charge in [-0.2, -0.15) is 0 Å². The summed E-state index contributed by atoms with van der Waals surface area (Å²) in [6.07, 6.45) is 0.783. The molecule has 2 aromatic rings. The number of fused-ring (bicyclic) bond motifs is 1. The summed E-state index contributed by atoms with van der Waals surface area (Å²) < 4.78 is 0.727. The number of nitro groups is 1. The van der Waals surface area contributed by atoms with E-state index in [9.17, 15) is 14.9 Å². The lowest BCUT2D eigenvalue weighted by Gasteiger charge is -2.20. The molecule has 0 bridgehead atoms. The Morgan fingerprint density at radius 3 is 2.69 bits per heavy atom. The molecule has 0 saturated carbocycles. The Kier molecular flexibility index (Phi) is 4.94. The molecule has 0 saturated heterocycles. The number of carbonyl (C=O) groups excluding carboxylic acids is 1. The normalized spacial score (nSPS) is 13.6. The van der Waals surface area contributed by atoms with E-state index in [0.29, 0.717) is 6.54 Å². The van der Waals surface area contributed by atoms with Crippen molar-refractivity contribution in [3.8, 4) is 0 Å². The van der Waals surface area contributed by atoms with Crippen LogP contribution >= 0.6 is 22.9 Å². The van der Waals surface area contributed by atoms with Gasteiger partial charge in [-0.25, -0.2) is 0 Å². The molecule has 1 aliphatic rings. The van der Waals surface area contributed by atoms with Crippen molar-refractivity contribution in [2.75, 3.05) is 16.8 Å². The van der Waals surface area contributed by atoms with E-state index in [1.54, 1.807) is 32.9 Å². The highest BCUT2D eigenvalue weighted by Crippen LogP contribution is 2.39. The van der Waals surface area contributed by atoms with Crippen LogP contribution in [0.4, 0.5) is 17.1 Å². The minimum absolute atomic E-state index is 0.0857. The number of hydrogen-bond acceptors (Lipinski definition) is 5. The molecule has 0 atom stereocenters. The van der Waals surface area contributed by atoms with Crippen LogP contribution in [0.25, 0.3) is 0 Å². The first-order valence-electron chi connectivity index (χ1n) is 8.27. The number of nitrogens with zero attached hydrogens (tertiary/aromatic N) is 2. The minimum Gasteiger partial charge on any atom is -0.366 e. The largest absolute Gasteiger partial charge is 0.366 e. The molecule has 0 radical (unpaired) electrons. The SMILES string of the molecule is CC(C)(C)C(=O)Nc1cc2c(cc1[N+](=O)[O-])N(Cc1ccc(Cl)s1)CC2. The summed E-state index contributed by atoms with van der Waals surface area (Å²) in [7, 11) is 0. The fraction of sp³-hybridized carbons (Fsp3) is 0.389. The summed E-state index contributed by atoms with van der Waals surface area (Å²) in [5.41, 5.74) is 1.39. The second kappa shape index (κ2) is 6.89. The molecule has 1 amide bonds. The summed E-state index contributed by atoms with van der Waals surface area (Å²) in [6.45, 7) is 6.76. The Labute approximate surface area is 160 Å². The first kappa shape index (κ1) is 18.7. The van der Waals surface area contributed by atoms with Crippen molar-refractivity contribution in [2.45, 2.75) is 33.7 Å². The highest BCUT2D eigenvalue weighted by Gasteiger charge is 2.29. The van der Waals surface area contributed by atoms with Gasteiger partial charge in [0.1, 0.15) is 5.69 Å². The van der Waals surface area contributed by atoms with Crippen LogP contribution in [0.1, 0.15) is 31.2 Å². The van der Waals surface area contributed by atoms with E-state index in [2.05, 4.69) is 10.2 Å². The highest BCUT2D eigenvalue weighted by molar-refractivity contribution is 7.16. The summed E-state index contributed by atoms with van der Waals surface area (Å²) in [5, 5.41) is 14.3. The molecule has 1 aromatic heterocycles. The number of benzene rings is 1. The van der Waals surface area contributed by atoms with Crippen LogP contribution in [0, 0.1) is 15.5 Å². The maximum Gasteiger partial charge on any atom is 0.294 e. The number of nitro benzene ring substituents is 1. The molecule has 6 nitrogen and oxygen atoms in total. The average Bonchev–Trinajstić information content (AvgIpc) is 3.12. The summed E-state index contributed by atoms with van der Waals surface area (Å²) in [6, 6.07) is 7.12. The van der Waals surface area contributed by atoms with Crippen molar-refractivity contribution in [1.29, 1.82) is 0 Å². The van der Waals surface area contributed by atoms with Gasteiger partial charge in [-0.15, -0.1) is 11.3 Å². The Hall–Kier alpha value is -2.12. The van der Waals surface area contributed by atoms with Gasteiger partial charge in [0.15, 0.2) is 0 Å². The maximum absolute atomic E-state index is 12.3. The molecule has 2 heterocycles. The number of amides is 1. The number of anilines is 2. The van der Waals surface area contributed by atoms with Crippen molar-refractivity contribution in [2.24, 2.45) is 5.41 Å². The van der Waals surface area contributed by atoms with E-state index in [1.165, 1.54) is 11.3 Å². The first-order chi connectivity index (χ1) is 12.1. The predicted octanol–water partition coefficient (Wildman–Crippen LogP) is 4.86. The van der Waals surface area contributed by atoms with E-state index in [4.69, 9.17) is 11.6 Å². The molecule has 3 rings (SSSR count). The van der Waals surface area contributed by atoms with Crippen LogP contribution < -0.4 is 10.2 Å². The van der Waals surface area contributed by atoms with Crippen LogP contribution in [0.3, 0.4) is 0 Å². The molecule has 8 heteroatoms. The van der Waals surface area contributed by atoms with Gasteiger partial charge in [0.25, 0.3) is 5.69 Å². The van der Waals surface area contributed by atoms with Gasteiger partial charge in [0.2, 0.25) is 5.91 Å². The summed E-state index contributed by atoms with van der Waals surface area (Å²) in [5.74, 6) is -0.247. The van der Waals surface area contributed by atoms with Gasteiger partial charge < -0.3 is 10.2 Å². The van der Waals surface area contributed by atoms with Crippen LogP contribution in [-0.2, 0) is 17.8 Å². The number of halogens is 1. The number of rotatable bonds is 4. The van der Waals surface area contributed by atoms with E-state index in [-0.39, 0.29) is 17.3 Å². The van der Waals surface area contributed by atoms with Gasteiger partial charge in [-0.05, 0) is 30.2 Å². The molecule has 26 heavy (non-hydrogen) atoms. The molecular formula is C18H20ClN3O3S. The van der Waals surface area contributed by atoms with E-state index < -0.39 is 10.3 Å². The quantitative estimate of drug-likeness (QED) is 0.594. The number of thiophene rings is 1. The smallest absolute Gasteiger partial charge is 0.294 e. The van der Waals surface area contributed by atoms with Crippen molar-refractivity contribution < 1.29 is 9.72 Å². The molecule has 0 unspecified atom stereocenters. The predicted molar refractivity (Wildman–Crippen MR) is 105 cm³/mol. The zero-order chi connectivity index (χ0) is 19.1. The van der Waals surface area contributed by atoms with E-state index in [1.807, 2.05) is 12.1 Å². The fourth-order valence-corrected chi connectivity index (χ4v) is 3.95. The van der Waals surface area contributed by atoms with Gasteiger partial charge in [0.05, 0.1) is 15.8 Å². The van der Waals surface area contributed by atoms with Crippen molar-refractivity contribution >= 4 is 45.9 Å². The zero-order valence-electron chi connectivity index (χ0n) is 14.8. The van der Waals surface area contributed by atoms with Crippen LogP contribution in [0.5, 0.6) is 0 Å². The molecule has 138 valence electrons. The molecule has 1 N–H and O–H groups in total. The first-order valence-corrected chi connectivity index (χ1v) is 9.46. The topological polar surface area (TPSA) is 75.5 Å². The Morgan fingerprint density at radius 2 is 2.12 bits per heavy atom.